The summed E-state index contributed by atoms with van der Waals surface area (Å²) < 4.78 is 13.2. The monoisotopic (exact) mass is 424 g/mol. The molecule has 9 heteroatoms. The molecule has 3 aromatic heterocycles. The Morgan fingerprint density at radius 1 is 1.39 bits per heavy atom. The zero-order valence-corrected chi connectivity index (χ0v) is 18.4. The largest absolute Gasteiger partial charge is 0.489 e. The van der Waals surface area contributed by atoms with Gasteiger partial charge in [0.05, 0.1) is 12.8 Å². The van der Waals surface area contributed by atoms with Crippen molar-refractivity contribution in [2.45, 2.75) is 52.7 Å². The van der Waals surface area contributed by atoms with Crippen molar-refractivity contribution < 1.29 is 14.5 Å². The van der Waals surface area contributed by atoms with Gasteiger partial charge in [0.25, 0.3) is 0 Å². The molecule has 0 aliphatic carbocycles. The number of aryl methyl sites for hydroxylation is 2. The zero-order chi connectivity index (χ0) is 22.0. The van der Waals surface area contributed by atoms with Gasteiger partial charge in [0.15, 0.2) is 17.3 Å². The van der Waals surface area contributed by atoms with Crippen molar-refractivity contribution in [3.05, 3.63) is 17.6 Å². The summed E-state index contributed by atoms with van der Waals surface area (Å²) in [6.07, 6.45) is 3.99. The lowest BCUT2D eigenvalue weighted by molar-refractivity contribution is 0.143. The number of ether oxygens (including phenoxy) is 1. The summed E-state index contributed by atoms with van der Waals surface area (Å²) in [6, 6.07) is 0. The van der Waals surface area contributed by atoms with Gasteiger partial charge in [0, 0.05) is 19.0 Å². The van der Waals surface area contributed by atoms with Crippen LogP contribution in [0.1, 0.15) is 45.0 Å². The third-order valence-corrected chi connectivity index (χ3v) is 5.28. The summed E-state index contributed by atoms with van der Waals surface area (Å²) >= 11 is 0. The first-order valence-electron chi connectivity index (χ1n) is 10.6. The van der Waals surface area contributed by atoms with E-state index < -0.39 is 5.60 Å². The molecule has 0 spiro atoms. The van der Waals surface area contributed by atoms with Gasteiger partial charge in [0.2, 0.25) is 0 Å². The minimum atomic E-state index is -1.14. The number of imidazole rings is 1. The molecule has 2 N–H and O–H groups in total. The third kappa shape index (κ3) is 4.55. The molecule has 3 aromatic rings. The number of pyridine rings is 1. The molecule has 0 saturated carbocycles. The van der Waals surface area contributed by atoms with Gasteiger partial charge < -0.3 is 19.7 Å². The number of fused-ring (bicyclic) bond motifs is 1. The van der Waals surface area contributed by atoms with Gasteiger partial charge in [-0.3, -0.25) is 0 Å². The van der Waals surface area contributed by atoms with E-state index in [2.05, 4.69) is 32.5 Å². The highest BCUT2D eigenvalue weighted by Gasteiger charge is 2.23. The Hall–Kier alpha value is -2.96. The number of nitrogens with zero attached hydrogens (tertiary/aromatic N) is 5. The fourth-order valence-corrected chi connectivity index (χ4v) is 3.72. The maximum Gasteiger partial charge on any atom is 0.173 e. The molecule has 9 nitrogen and oxygen atoms in total. The molecule has 0 amide bonds. The van der Waals surface area contributed by atoms with E-state index in [0.29, 0.717) is 53.2 Å². The molecule has 0 radical (unpaired) electrons. The summed E-state index contributed by atoms with van der Waals surface area (Å²) in [4.78, 5) is 9.31. The topological polar surface area (TPSA) is 111 Å². The van der Waals surface area contributed by atoms with Crippen LogP contribution in [0.25, 0.3) is 22.6 Å². The molecular weight excluding hydrogens is 396 g/mol. The quantitative estimate of drug-likeness (QED) is 0.600. The average molecular weight is 425 g/mol. The standard InChI is InChI=1S/C22H28N6O3/c1-5-28-20-17(30-13-15-7-6-10-23-11-15)12-24-16(8-9-22(3,4)29)19(20)25-21(28)18-14(2)26-31-27-18/h12,15,23,29H,5-7,10-11,13H2,1-4H3. The van der Waals surface area contributed by atoms with Gasteiger partial charge in [0.1, 0.15) is 28.0 Å². The first-order valence-corrected chi connectivity index (χ1v) is 10.6. The Labute approximate surface area is 181 Å². The molecule has 4 rings (SSSR count). The van der Waals surface area contributed by atoms with Crippen molar-refractivity contribution in [1.29, 1.82) is 0 Å². The number of rotatable bonds is 5. The van der Waals surface area contributed by atoms with Crippen molar-refractivity contribution in [1.82, 2.24) is 30.2 Å². The van der Waals surface area contributed by atoms with E-state index in [4.69, 9.17) is 14.3 Å². The van der Waals surface area contributed by atoms with Crippen LogP contribution in [0.15, 0.2) is 10.8 Å². The van der Waals surface area contributed by atoms with Gasteiger partial charge in [-0.15, -0.1) is 0 Å². The minimum Gasteiger partial charge on any atom is -0.489 e. The van der Waals surface area contributed by atoms with Gasteiger partial charge >= 0.3 is 0 Å². The summed E-state index contributed by atoms with van der Waals surface area (Å²) in [5.41, 5.74) is 1.97. The van der Waals surface area contributed by atoms with E-state index in [1.54, 1.807) is 20.0 Å². The normalized spacial score (nSPS) is 16.9. The van der Waals surface area contributed by atoms with Crippen LogP contribution >= 0.6 is 0 Å². The molecule has 164 valence electrons. The van der Waals surface area contributed by atoms with Crippen LogP contribution in [0.4, 0.5) is 0 Å². The van der Waals surface area contributed by atoms with Crippen molar-refractivity contribution in [2.75, 3.05) is 19.7 Å². The molecule has 0 bridgehead atoms. The van der Waals surface area contributed by atoms with E-state index in [-0.39, 0.29) is 0 Å². The number of nitrogens with one attached hydrogen (secondary N) is 1. The fourth-order valence-electron chi connectivity index (χ4n) is 3.72. The Morgan fingerprint density at radius 2 is 2.23 bits per heavy atom. The van der Waals surface area contributed by atoms with Crippen LogP contribution in [-0.2, 0) is 6.54 Å². The van der Waals surface area contributed by atoms with Crippen LogP contribution in [0.5, 0.6) is 5.75 Å². The zero-order valence-electron chi connectivity index (χ0n) is 18.4. The first kappa shape index (κ1) is 21.3. The lowest BCUT2D eigenvalue weighted by Crippen LogP contribution is -2.33. The highest BCUT2D eigenvalue weighted by Crippen LogP contribution is 2.32. The molecule has 1 fully saturated rings. The number of aromatic nitrogens is 5. The summed E-state index contributed by atoms with van der Waals surface area (Å²) in [5.74, 6) is 7.54. The predicted octanol–water partition coefficient (Wildman–Crippen LogP) is 2.31. The maximum absolute atomic E-state index is 10.0. The van der Waals surface area contributed by atoms with Crippen molar-refractivity contribution in [2.24, 2.45) is 5.92 Å². The second kappa shape index (κ2) is 8.65. The summed E-state index contributed by atoms with van der Waals surface area (Å²) in [6.45, 7) is 10.4. The Kier molecular flexibility index (Phi) is 5.94. The van der Waals surface area contributed by atoms with Crippen molar-refractivity contribution in [3.63, 3.8) is 0 Å². The van der Waals surface area contributed by atoms with E-state index in [9.17, 15) is 5.11 Å². The van der Waals surface area contributed by atoms with E-state index >= 15 is 0 Å². The molecule has 1 atom stereocenters. The van der Waals surface area contributed by atoms with Crippen molar-refractivity contribution in [3.8, 4) is 29.1 Å². The lowest BCUT2D eigenvalue weighted by Gasteiger charge is -2.23. The molecular formula is C22H28N6O3. The maximum atomic E-state index is 10.0. The molecule has 31 heavy (non-hydrogen) atoms. The molecule has 1 aliphatic heterocycles. The molecule has 4 heterocycles. The third-order valence-electron chi connectivity index (χ3n) is 5.28. The number of piperidine rings is 1. The van der Waals surface area contributed by atoms with Gasteiger partial charge in [-0.2, -0.15) is 0 Å². The lowest BCUT2D eigenvalue weighted by atomic mass is 10.0. The first-order chi connectivity index (χ1) is 14.9. The predicted molar refractivity (Wildman–Crippen MR) is 115 cm³/mol. The van der Waals surface area contributed by atoms with E-state index in [1.165, 1.54) is 0 Å². The molecule has 1 aliphatic rings. The van der Waals surface area contributed by atoms with Gasteiger partial charge in [-0.1, -0.05) is 11.1 Å². The Morgan fingerprint density at radius 3 is 2.87 bits per heavy atom. The van der Waals surface area contributed by atoms with Crippen LogP contribution in [0.2, 0.25) is 0 Å². The van der Waals surface area contributed by atoms with E-state index in [1.807, 2.05) is 18.4 Å². The van der Waals surface area contributed by atoms with Gasteiger partial charge in [-0.25, -0.2) is 14.6 Å². The summed E-state index contributed by atoms with van der Waals surface area (Å²) in [7, 11) is 0. The Balaban J connectivity index is 1.83. The second-order valence-corrected chi connectivity index (χ2v) is 8.38. The average Bonchev–Trinajstić information content (AvgIpc) is 3.34. The van der Waals surface area contributed by atoms with Crippen LogP contribution in [0.3, 0.4) is 0 Å². The van der Waals surface area contributed by atoms with E-state index in [0.717, 1.165) is 31.4 Å². The van der Waals surface area contributed by atoms with Crippen molar-refractivity contribution >= 4 is 11.0 Å². The number of hydrogen-bond donors (Lipinski definition) is 2. The Bertz CT molecular complexity index is 1130. The SMILES string of the molecule is CCn1c(-c2nonc2C)nc2c(C#CC(C)(C)O)ncc(OCC3CCCNC3)c21. The highest BCUT2D eigenvalue weighted by atomic mass is 16.6. The molecule has 1 saturated heterocycles. The second-order valence-electron chi connectivity index (χ2n) is 8.38. The minimum absolute atomic E-state index is 0.456. The van der Waals surface area contributed by atoms with Gasteiger partial charge in [-0.05, 0) is 58.2 Å². The molecule has 0 aromatic carbocycles. The summed E-state index contributed by atoms with van der Waals surface area (Å²) in [5, 5.41) is 21.4. The smallest absolute Gasteiger partial charge is 0.173 e. The highest BCUT2D eigenvalue weighted by molar-refractivity contribution is 5.89. The fraction of sp³-hybridized carbons (Fsp3) is 0.545. The van der Waals surface area contributed by atoms with Crippen LogP contribution in [-0.4, -0.2) is 55.3 Å². The van der Waals surface area contributed by atoms with Crippen LogP contribution in [0, 0.1) is 24.7 Å². The molecule has 1 unspecified atom stereocenters. The number of hydrogen-bond acceptors (Lipinski definition) is 8. The van der Waals surface area contributed by atoms with Crippen LogP contribution < -0.4 is 10.1 Å². The number of aliphatic hydroxyl groups is 1.